The topological polar surface area (TPSA) is 52.7 Å². The predicted molar refractivity (Wildman–Crippen MR) is 134 cm³/mol. The molecular formula is C27H27ClFN3O2. The molecule has 0 bridgehead atoms. The van der Waals surface area contributed by atoms with Gasteiger partial charge in [-0.1, -0.05) is 35.9 Å². The predicted octanol–water partition coefficient (Wildman–Crippen LogP) is 5.74. The fourth-order valence-electron chi connectivity index (χ4n) is 3.84. The normalized spacial score (nSPS) is 12.8. The third kappa shape index (κ3) is 5.75. The molecule has 0 unspecified atom stereocenters. The number of carbonyl (C=O) groups is 2. The van der Waals surface area contributed by atoms with E-state index in [9.17, 15) is 14.0 Å². The van der Waals surface area contributed by atoms with Crippen molar-refractivity contribution in [1.29, 1.82) is 0 Å². The van der Waals surface area contributed by atoms with Crippen LogP contribution >= 0.6 is 11.6 Å². The number of hydrogen-bond donors (Lipinski definition) is 1. The lowest BCUT2D eigenvalue weighted by molar-refractivity contribution is -0.117. The number of nitrogens with zero attached hydrogens (tertiary/aromatic N) is 2. The van der Waals surface area contributed by atoms with Crippen LogP contribution in [0.25, 0.3) is 0 Å². The second-order valence-corrected chi connectivity index (χ2v) is 9.18. The lowest BCUT2D eigenvalue weighted by Crippen LogP contribution is -2.31. The molecule has 2 amide bonds. The Kier molecular flexibility index (Phi) is 7.17. The zero-order valence-corrected chi connectivity index (χ0v) is 20.0. The second kappa shape index (κ2) is 10.3. The summed E-state index contributed by atoms with van der Waals surface area (Å²) in [7, 11) is 3.86. The molecule has 1 saturated carbocycles. The van der Waals surface area contributed by atoms with Crippen molar-refractivity contribution in [1.82, 2.24) is 4.90 Å². The van der Waals surface area contributed by atoms with Gasteiger partial charge in [-0.05, 0) is 66.4 Å². The largest absolute Gasteiger partial charge is 0.377 e. The maximum Gasteiger partial charge on any atom is 0.255 e. The Morgan fingerprint density at radius 2 is 1.71 bits per heavy atom. The number of benzene rings is 3. The summed E-state index contributed by atoms with van der Waals surface area (Å²) in [6.45, 7) is 0.554. The molecule has 0 atom stereocenters. The molecule has 7 heteroatoms. The minimum Gasteiger partial charge on any atom is -0.377 e. The van der Waals surface area contributed by atoms with E-state index in [0.717, 1.165) is 29.7 Å². The van der Waals surface area contributed by atoms with Gasteiger partial charge in [0.1, 0.15) is 5.82 Å². The van der Waals surface area contributed by atoms with E-state index in [2.05, 4.69) is 5.32 Å². The van der Waals surface area contributed by atoms with E-state index in [1.807, 2.05) is 37.2 Å². The monoisotopic (exact) mass is 479 g/mol. The van der Waals surface area contributed by atoms with Crippen molar-refractivity contribution in [3.63, 3.8) is 0 Å². The first-order valence-electron chi connectivity index (χ1n) is 11.2. The Labute approximate surface area is 204 Å². The molecule has 5 nitrogen and oxygen atoms in total. The van der Waals surface area contributed by atoms with Gasteiger partial charge in [0.2, 0.25) is 5.91 Å². The molecule has 0 heterocycles. The average Bonchev–Trinajstić information content (AvgIpc) is 3.66. The number of rotatable bonds is 8. The van der Waals surface area contributed by atoms with Crippen LogP contribution in [-0.2, 0) is 17.9 Å². The molecule has 176 valence electrons. The smallest absolute Gasteiger partial charge is 0.255 e. The molecule has 0 aromatic heterocycles. The van der Waals surface area contributed by atoms with Gasteiger partial charge in [0, 0.05) is 44.5 Å². The number of halogens is 2. The number of nitrogens with one attached hydrogen (secondary N) is 1. The van der Waals surface area contributed by atoms with Gasteiger partial charge >= 0.3 is 0 Å². The van der Waals surface area contributed by atoms with Crippen molar-refractivity contribution in [3.05, 3.63) is 94.3 Å². The molecular weight excluding hydrogens is 453 g/mol. The fourth-order valence-corrected chi connectivity index (χ4v) is 4.05. The number of amides is 2. The lowest BCUT2D eigenvalue weighted by Gasteiger charge is -2.27. The zero-order chi connectivity index (χ0) is 24.2. The van der Waals surface area contributed by atoms with Crippen molar-refractivity contribution < 1.29 is 14.0 Å². The van der Waals surface area contributed by atoms with E-state index in [0.29, 0.717) is 16.3 Å². The van der Waals surface area contributed by atoms with Gasteiger partial charge in [-0.15, -0.1) is 0 Å². The number of hydrogen-bond acceptors (Lipinski definition) is 3. The van der Waals surface area contributed by atoms with Crippen molar-refractivity contribution in [2.24, 2.45) is 5.92 Å². The van der Waals surface area contributed by atoms with Gasteiger partial charge in [-0.25, -0.2) is 4.39 Å². The Balaban J connectivity index is 1.67. The minimum absolute atomic E-state index is 0.0267. The number of carbonyl (C=O) groups excluding carboxylic acids is 2. The highest BCUT2D eigenvalue weighted by molar-refractivity contribution is 6.33. The van der Waals surface area contributed by atoms with E-state index in [1.165, 1.54) is 12.1 Å². The third-order valence-corrected chi connectivity index (χ3v) is 6.15. The highest BCUT2D eigenvalue weighted by atomic mass is 35.5. The second-order valence-electron chi connectivity index (χ2n) is 8.77. The van der Waals surface area contributed by atoms with Crippen molar-refractivity contribution >= 4 is 34.8 Å². The van der Waals surface area contributed by atoms with Gasteiger partial charge in [0.05, 0.1) is 10.6 Å². The first-order valence-corrected chi connectivity index (χ1v) is 11.6. The van der Waals surface area contributed by atoms with Crippen LogP contribution in [-0.4, -0.2) is 30.8 Å². The molecule has 0 radical (unpaired) electrons. The maximum atomic E-state index is 13.6. The van der Waals surface area contributed by atoms with Crippen LogP contribution in [0.5, 0.6) is 0 Å². The van der Waals surface area contributed by atoms with Gasteiger partial charge < -0.3 is 15.1 Å². The minimum atomic E-state index is -0.332. The quantitative estimate of drug-likeness (QED) is 0.448. The van der Waals surface area contributed by atoms with Gasteiger partial charge in [0.25, 0.3) is 5.91 Å². The van der Waals surface area contributed by atoms with Gasteiger partial charge in [0.15, 0.2) is 0 Å². The van der Waals surface area contributed by atoms with E-state index in [1.54, 1.807) is 41.3 Å². The van der Waals surface area contributed by atoms with Crippen molar-refractivity contribution in [3.8, 4) is 0 Å². The lowest BCUT2D eigenvalue weighted by atomic mass is 10.1. The molecule has 3 aromatic carbocycles. The SMILES string of the molecule is CN(C)c1ccc(NC(=O)C2CC2)cc1CN(Cc1ccc(F)cc1)C(=O)c1ccccc1Cl. The Hall–Kier alpha value is -3.38. The maximum absolute atomic E-state index is 13.6. The first-order chi connectivity index (χ1) is 16.3. The van der Waals surface area contributed by atoms with E-state index >= 15 is 0 Å². The molecule has 1 N–H and O–H groups in total. The van der Waals surface area contributed by atoms with Crippen LogP contribution in [0.1, 0.15) is 34.3 Å². The summed E-state index contributed by atoms with van der Waals surface area (Å²) in [6.07, 6.45) is 1.85. The van der Waals surface area contributed by atoms with E-state index < -0.39 is 0 Å². The standard InChI is InChI=1S/C27H27ClFN3O2/c1-31(2)25-14-13-22(30-26(33)19-9-10-19)15-20(25)17-32(16-18-7-11-21(29)12-8-18)27(34)23-5-3-4-6-24(23)28/h3-8,11-15,19H,9-10,16-17H2,1-2H3,(H,30,33). The van der Waals surface area contributed by atoms with E-state index in [4.69, 9.17) is 11.6 Å². The molecule has 0 spiro atoms. The summed E-state index contributed by atoms with van der Waals surface area (Å²) in [6, 6.07) is 18.8. The van der Waals surface area contributed by atoms with Gasteiger partial charge in [-0.3, -0.25) is 9.59 Å². The van der Waals surface area contributed by atoms with Crippen molar-refractivity contribution in [2.75, 3.05) is 24.3 Å². The molecule has 4 rings (SSSR count). The zero-order valence-electron chi connectivity index (χ0n) is 19.2. The summed E-state index contributed by atoms with van der Waals surface area (Å²) >= 11 is 6.34. The molecule has 1 aliphatic carbocycles. The van der Waals surface area contributed by atoms with E-state index in [-0.39, 0.29) is 36.6 Å². The third-order valence-electron chi connectivity index (χ3n) is 5.82. The Morgan fingerprint density at radius 3 is 2.35 bits per heavy atom. The molecule has 1 fully saturated rings. The van der Waals surface area contributed by atoms with Crippen LogP contribution in [0.15, 0.2) is 66.7 Å². The Bertz CT molecular complexity index is 1190. The average molecular weight is 480 g/mol. The highest BCUT2D eigenvalue weighted by Gasteiger charge is 2.29. The summed E-state index contributed by atoms with van der Waals surface area (Å²) in [5.74, 6) is -0.443. The Morgan fingerprint density at radius 1 is 1.00 bits per heavy atom. The van der Waals surface area contributed by atoms with Crippen LogP contribution in [0.3, 0.4) is 0 Å². The first kappa shape index (κ1) is 23.8. The number of anilines is 2. The van der Waals surface area contributed by atoms with Crippen molar-refractivity contribution in [2.45, 2.75) is 25.9 Å². The molecule has 3 aromatic rings. The van der Waals surface area contributed by atoms with Crippen LogP contribution in [0.4, 0.5) is 15.8 Å². The summed E-state index contributed by atoms with van der Waals surface area (Å²) in [5.41, 5.74) is 3.70. The van der Waals surface area contributed by atoms with Crippen LogP contribution < -0.4 is 10.2 Å². The van der Waals surface area contributed by atoms with Gasteiger partial charge in [-0.2, -0.15) is 0 Å². The molecule has 34 heavy (non-hydrogen) atoms. The highest BCUT2D eigenvalue weighted by Crippen LogP contribution is 2.32. The van der Waals surface area contributed by atoms with Crippen LogP contribution in [0.2, 0.25) is 5.02 Å². The molecule has 1 aliphatic rings. The van der Waals surface area contributed by atoms with Crippen LogP contribution in [0, 0.1) is 11.7 Å². The summed E-state index contributed by atoms with van der Waals surface area (Å²) in [4.78, 5) is 29.5. The summed E-state index contributed by atoms with van der Waals surface area (Å²) < 4.78 is 13.5. The molecule has 0 saturated heterocycles. The molecule has 0 aliphatic heterocycles. The summed E-state index contributed by atoms with van der Waals surface area (Å²) in [5, 5.41) is 3.36. The fraction of sp³-hybridized carbons (Fsp3) is 0.259.